The summed E-state index contributed by atoms with van der Waals surface area (Å²) in [5.74, 6) is -2.54. The molecule has 0 radical (unpaired) electrons. The molecule has 0 aromatic heterocycles. The summed E-state index contributed by atoms with van der Waals surface area (Å²) in [6, 6.07) is 0. The van der Waals surface area contributed by atoms with Crippen molar-refractivity contribution in [3.8, 4) is 0 Å². The predicted molar refractivity (Wildman–Crippen MR) is 102 cm³/mol. The van der Waals surface area contributed by atoms with Crippen molar-refractivity contribution < 1.29 is 44.9 Å². The smallest absolute Gasteiger partial charge is 0.316 e. The molecule has 0 saturated carbocycles. The largest absolute Gasteiger partial charge is 0.508 e. The summed E-state index contributed by atoms with van der Waals surface area (Å²) >= 11 is 0. The third kappa shape index (κ3) is 5.17. The number of esters is 1. The van der Waals surface area contributed by atoms with Gasteiger partial charge in [-0.1, -0.05) is 19.8 Å². The van der Waals surface area contributed by atoms with Crippen molar-refractivity contribution in [2.75, 3.05) is 6.61 Å². The third-order valence-corrected chi connectivity index (χ3v) is 5.49. The van der Waals surface area contributed by atoms with Gasteiger partial charge in [0.1, 0.15) is 47.8 Å². The minimum atomic E-state index is -2.18. The Morgan fingerprint density at radius 1 is 1.24 bits per heavy atom. The quantitative estimate of drug-likeness (QED) is 0.231. The highest BCUT2D eigenvalue weighted by molar-refractivity contribution is 5.77. The molecule has 0 aromatic carbocycles. The van der Waals surface area contributed by atoms with Crippen LogP contribution in [-0.4, -0.2) is 85.4 Å². The van der Waals surface area contributed by atoms with Crippen LogP contribution in [0.25, 0.3) is 0 Å². The molecule has 0 amide bonds. The lowest BCUT2D eigenvalue weighted by Gasteiger charge is -2.48. The van der Waals surface area contributed by atoms with E-state index in [0.29, 0.717) is 6.42 Å². The maximum atomic E-state index is 12.8. The van der Waals surface area contributed by atoms with Crippen molar-refractivity contribution in [2.45, 2.75) is 81.8 Å². The molecule has 1 aliphatic heterocycles. The average molecular weight is 416 g/mol. The molecule has 1 aliphatic carbocycles. The van der Waals surface area contributed by atoms with Crippen LogP contribution in [0.2, 0.25) is 0 Å². The summed E-state index contributed by atoms with van der Waals surface area (Å²) in [6.07, 6.45) is -1.49. The number of allylic oxidation sites excluding steroid dienone is 1. The maximum absolute atomic E-state index is 12.8. The van der Waals surface area contributed by atoms with E-state index in [1.165, 1.54) is 0 Å². The zero-order valence-corrected chi connectivity index (χ0v) is 16.7. The first kappa shape index (κ1) is 23.8. The second kappa shape index (κ2) is 10.0. The van der Waals surface area contributed by atoms with Gasteiger partial charge in [0.05, 0.1) is 12.7 Å². The number of rotatable bonds is 8. The number of hydrogen-bond donors (Lipinski definition) is 6. The minimum Gasteiger partial charge on any atom is -0.508 e. The van der Waals surface area contributed by atoms with E-state index in [4.69, 9.17) is 9.47 Å². The lowest BCUT2D eigenvalue weighted by atomic mass is 9.74. The zero-order chi connectivity index (χ0) is 21.8. The molecule has 166 valence electrons. The maximum Gasteiger partial charge on any atom is 0.316 e. The van der Waals surface area contributed by atoms with Gasteiger partial charge in [0.25, 0.3) is 0 Å². The van der Waals surface area contributed by atoms with Crippen LogP contribution in [0.1, 0.15) is 39.5 Å². The van der Waals surface area contributed by atoms with Crippen LogP contribution in [0, 0.1) is 5.92 Å². The van der Waals surface area contributed by atoms with E-state index >= 15 is 0 Å². The van der Waals surface area contributed by atoms with Crippen LogP contribution in [0.15, 0.2) is 24.0 Å². The number of aliphatic hydroxyl groups excluding tert-OH is 5. The van der Waals surface area contributed by atoms with Crippen molar-refractivity contribution in [1.82, 2.24) is 0 Å². The van der Waals surface area contributed by atoms with Crippen molar-refractivity contribution in [3.05, 3.63) is 24.0 Å². The Kier molecular flexibility index (Phi) is 8.21. The van der Waals surface area contributed by atoms with Gasteiger partial charge in [-0.3, -0.25) is 4.79 Å². The normalized spacial score (nSPS) is 38.4. The van der Waals surface area contributed by atoms with Gasteiger partial charge in [-0.2, -0.15) is 0 Å². The van der Waals surface area contributed by atoms with Gasteiger partial charge < -0.3 is 40.1 Å². The van der Waals surface area contributed by atoms with Crippen molar-refractivity contribution >= 4 is 5.97 Å². The predicted octanol–water partition coefficient (Wildman–Crippen LogP) is -0.300. The Morgan fingerprint density at radius 3 is 2.55 bits per heavy atom. The molecule has 1 fully saturated rings. The van der Waals surface area contributed by atoms with Gasteiger partial charge in [0.2, 0.25) is 0 Å². The molecule has 8 atom stereocenters. The first-order valence-corrected chi connectivity index (χ1v) is 9.99. The zero-order valence-electron chi connectivity index (χ0n) is 16.7. The summed E-state index contributed by atoms with van der Waals surface area (Å²) in [7, 11) is 0. The van der Waals surface area contributed by atoms with E-state index in [1.54, 1.807) is 6.92 Å². The molecule has 9 nitrogen and oxygen atoms in total. The topological polar surface area (TPSA) is 157 Å². The fraction of sp³-hybridized carbons (Fsp3) is 0.750. The highest BCUT2D eigenvalue weighted by Gasteiger charge is 2.56. The summed E-state index contributed by atoms with van der Waals surface area (Å²) < 4.78 is 10.9. The van der Waals surface area contributed by atoms with Crippen molar-refractivity contribution in [2.24, 2.45) is 5.92 Å². The summed E-state index contributed by atoms with van der Waals surface area (Å²) in [4.78, 5) is 12.8. The van der Waals surface area contributed by atoms with Crippen LogP contribution in [0.4, 0.5) is 0 Å². The minimum absolute atomic E-state index is 0.278. The van der Waals surface area contributed by atoms with Crippen molar-refractivity contribution in [3.63, 3.8) is 0 Å². The molecule has 2 rings (SSSR count). The second-order valence-corrected chi connectivity index (χ2v) is 7.78. The molecular weight excluding hydrogens is 384 g/mol. The van der Waals surface area contributed by atoms with Gasteiger partial charge in [-0.25, -0.2) is 0 Å². The number of carbonyl (C=O) groups excluding carboxylic acids is 1. The van der Waals surface area contributed by atoms with E-state index < -0.39 is 60.7 Å². The van der Waals surface area contributed by atoms with Crippen molar-refractivity contribution in [1.29, 1.82) is 0 Å². The van der Waals surface area contributed by atoms with Gasteiger partial charge in [0, 0.05) is 0 Å². The molecule has 1 heterocycles. The molecule has 29 heavy (non-hydrogen) atoms. The Bertz CT molecular complexity index is 617. The average Bonchev–Trinajstić information content (AvgIpc) is 2.68. The Morgan fingerprint density at radius 2 is 1.93 bits per heavy atom. The number of unbranched alkanes of at least 4 members (excludes halogenated alkanes) is 2. The standard InChI is InChI=1S/C20H32O9/c1-3-4-5-6-11(2)28-19(26)13-9-12(22)7-8-20(13,27)18-17(25)16(24)15(23)14(10-21)29-18/h7-9,11,13-18,21-25,27H,3-6,10H2,1-2H3/t11?,13?,14-,15-,16+,17-,18-,20?/m1/s1. The number of aliphatic hydroxyl groups is 6. The van der Waals surface area contributed by atoms with Gasteiger partial charge >= 0.3 is 5.97 Å². The second-order valence-electron chi connectivity index (χ2n) is 7.78. The van der Waals surface area contributed by atoms with E-state index in [1.807, 2.05) is 0 Å². The Labute approximate surface area is 169 Å². The number of ether oxygens (including phenoxy) is 2. The summed E-state index contributed by atoms with van der Waals surface area (Å²) in [5.41, 5.74) is -2.18. The highest BCUT2D eigenvalue weighted by Crippen LogP contribution is 2.38. The number of hydrogen-bond acceptors (Lipinski definition) is 9. The summed E-state index contributed by atoms with van der Waals surface area (Å²) in [5, 5.41) is 60.9. The van der Waals surface area contributed by atoms with Gasteiger partial charge in [-0.15, -0.1) is 0 Å². The van der Waals surface area contributed by atoms with Crippen LogP contribution >= 0.6 is 0 Å². The first-order chi connectivity index (χ1) is 13.7. The van der Waals surface area contributed by atoms with Crippen LogP contribution in [-0.2, 0) is 14.3 Å². The van der Waals surface area contributed by atoms with E-state index in [-0.39, 0.29) is 5.76 Å². The monoisotopic (exact) mass is 416 g/mol. The SMILES string of the molecule is CCCCCC(C)OC(=O)C1C=C(O)C=CC1(O)[C@@H]1O[C@H](CO)[C@@H](O)[C@H](O)[C@H]1O. The molecule has 9 heteroatoms. The van der Waals surface area contributed by atoms with E-state index in [0.717, 1.165) is 37.5 Å². The molecule has 3 unspecified atom stereocenters. The van der Waals surface area contributed by atoms with Gasteiger partial charge in [0.15, 0.2) is 0 Å². The molecular formula is C20H32O9. The van der Waals surface area contributed by atoms with Crippen LogP contribution < -0.4 is 0 Å². The molecule has 1 saturated heterocycles. The highest BCUT2D eigenvalue weighted by atomic mass is 16.6. The Balaban J connectivity index is 2.23. The first-order valence-electron chi connectivity index (χ1n) is 9.99. The van der Waals surface area contributed by atoms with E-state index in [9.17, 15) is 35.4 Å². The molecule has 2 aliphatic rings. The summed E-state index contributed by atoms with van der Waals surface area (Å²) in [6.45, 7) is 3.10. The molecule has 6 N–H and O–H groups in total. The Hall–Kier alpha value is -1.49. The fourth-order valence-corrected chi connectivity index (χ4v) is 3.71. The van der Waals surface area contributed by atoms with Gasteiger partial charge in [-0.05, 0) is 38.0 Å². The van der Waals surface area contributed by atoms with Crippen LogP contribution in [0.5, 0.6) is 0 Å². The molecule has 0 bridgehead atoms. The molecule has 0 spiro atoms. The lowest BCUT2D eigenvalue weighted by Crippen LogP contribution is -2.67. The van der Waals surface area contributed by atoms with Crippen LogP contribution in [0.3, 0.4) is 0 Å². The van der Waals surface area contributed by atoms with E-state index in [2.05, 4.69) is 6.92 Å². The fourth-order valence-electron chi connectivity index (χ4n) is 3.71. The lowest BCUT2D eigenvalue weighted by molar-refractivity contribution is -0.267. The third-order valence-electron chi connectivity index (χ3n) is 5.49. The molecule has 0 aromatic rings. The number of carbonyl (C=O) groups is 1.